The smallest absolute Gasteiger partial charge is 0.302 e. The molecule has 1 unspecified atom stereocenters. The van der Waals surface area contributed by atoms with Gasteiger partial charge < -0.3 is 9.05 Å². The molecule has 2 nitrogen and oxygen atoms in total. The highest BCUT2D eigenvalue weighted by molar-refractivity contribution is 7.48. The molecule has 3 heteroatoms. The second kappa shape index (κ2) is 10.8. The molecule has 4 aromatic rings. The van der Waals surface area contributed by atoms with E-state index in [1.165, 1.54) is 16.7 Å². The first-order chi connectivity index (χ1) is 15.7. The molecule has 4 aromatic carbocycles. The zero-order valence-electron chi connectivity index (χ0n) is 18.4. The first-order valence-electron chi connectivity index (χ1n) is 10.7. The monoisotopic (exact) mass is 438 g/mol. The largest absolute Gasteiger partial charge is 0.438 e. The second-order valence-electron chi connectivity index (χ2n) is 7.73. The number of hydrogen-bond acceptors (Lipinski definition) is 2. The first kappa shape index (κ1) is 21.9. The maximum Gasteiger partial charge on any atom is 0.302 e. The van der Waals surface area contributed by atoms with Crippen molar-refractivity contribution in [2.45, 2.75) is 19.5 Å². The summed E-state index contributed by atoms with van der Waals surface area (Å²) in [5.41, 5.74) is 4.74. The zero-order valence-corrected chi connectivity index (χ0v) is 19.3. The lowest BCUT2D eigenvalue weighted by molar-refractivity contribution is 0.482. The van der Waals surface area contributed by atoms with E-state index in [9.17, 15) is 0 Å². The van der Waals surface area contributed by atoms with E-state index < -0.39 is 8.38 Å². The van der Waals surface area contributed by atoms with Crippen molar-refractivity contribution >= 4 is 14.5 Å². The zero-order chi connectivity index (χ0) is 22.2. The predicted molar refractivity (Wildman–Crippen MR) is 135 cm³/mol. The van der Waals surface area contributed by atoms with E-state index in [1.54, 1.807) is 0 Å². The minimum Gasteiger partial charge on any atom is -0.438 e. The molecule has 0 aliphatic carbocycles. The van der Waals surface area contributed by atoms with Gasteiger partial charge in [0.2, 0.25) is 0 Å². The van der Waals surface area contributed by atoms with Crippen LogP contribution in [0, 0.1) is 13.8 Å². The Balaban J connectivity index is 1.73. The van der Waals surface area contributed by atoms with E-state index in [2.05, 4.69) is 74.5 Å². The van der Waals surface area contributed by atoms with Gasteiger partial charge in [-0.3, -0.25) is 0 Å². The van der Waals surface area contributed by atoms with E-state index >= 15 is 0 Å². The van der Waals surface area contributed by atoms with Crippen LogP contribution in [0.4, 0.5) is 0 Å². The topological polar surface area (TPSA) is 18.5 Å². The highest BCUT2D eigenvalue weighted by Gasteiger charge is 2.27. The van der Waals surface area contributed by atoms with Gasteiger partial charge in [0.1, 0.15) is 11.5 Å². The summed E-state index contributed by atoms with van der Waals surface area (Å²) < 4.78 is 13.0. The molecule has 0 saturated heterocycles. The summed E-state index contributed by atoms with van der Waals surface area (Å²) >= 11 is 0. The summed E-state index contributed by atoms with van der Waals surface area (Å²) in [7, 11) is -1.36. The molecular weight excluding hydrogens is 411 g/mol. The van der Waals surface area contributed by atoms with Gasteiger partial charge in [0.15, 0.2) is 0 Å². The molecule has 0 N–H and O–H groups in total. The molecule has 0 aliphatic heterocycles. The van der Waals surface area contributed by atoms with Crippen molar-refractivity contribution in [2.75, 3.05) is 0 Å². The Morgan fingerprint density at radius 3 is 1.75 bits per heavy atom. The maximum absolute atomic E-state index is 6.48. The molecule has 0 aliphatic rings. The molecule has 0 saturated carbocycles. The van der Waals surface area contributed by atoms with Gasteiger partial charge in [-0.2, -0.15) is 0 Å². The van der Waals surface area contributed by atoms with Gasteiger partial charge in [0.25, 0.3) is 0 Å². The highest BCUT2D eigenvalue weighted by Crippen LogP contribution is 2.54. The lowest BCUT2D eigenvalue weighted by Crippen LogP contribution is -2.05. The Labute approximate surface area is 192 Å². The highest BCUT2D eigenvalue weighted by atomic mass is 31.2. The summed E-state index contributed by atoms with van der Waals surface area (Å²) in [5.74, 6) is 1.60. The van der Waals surface area contributed by atoms with Crippen LogP contribution in [0.25, 0.3) is 6.08 Å². The van der Waals surface area contributed by atoms with Crippen molar-refractivity contribution in [3.8, 4) is 11.5 Å². The van der Waals surface area contributed by atoms with Crippen LogP contribution in [0.15, 0.2) is 115 Å². The number of aryl methyl sites for hydroxylation is 2. The second-order valence-corrected chi connectivity index (χ2v) is 9.22. The van der Waals surface area contributed by atoms with Gasteiger partial charge in [0.05, 0.1) is 5.66 Å². The quantitative estimate of drug-likeness (QED) is 0.257. The van der Waals surface area contributed by atoms with Crippen LogP contribution in [-0.4, -0.2) is 0 Å². The molecule has 0 spiro atoms. The number of rotatable bonds is 8. The molecule has 0 fully saturated rings. The van der Waals surface area contributed by atoms with Crippen LogP contribution in [-0.2, 0) is 0 Å². The molecule has 1 atom stereocenters. The minimum atomic E-state index is -1.36. The number of para-hydroxylation sites is 2. The van der Waals surface area contributed by atoms with Crippen molar-refractivity contribution in [3.63, 3.8) is 0 Å². The maximum atomic E-state index is 6.48. The van der Waals surface area contributed by atoms with Crippen molar-refractivity contribution < 1.29 is 9.05 Å². The summed E-state index contributed by atoms with van der Waals surface area (Å²) in [4.78, 5) is 0. The third-order valence-corrected chi connectivity index (χ3v) is 6.71. The Morgan fingerprint density at radius 2 is 1.19 bits per heavy atom. The normalized spacial score (nSPS) is 12.1. The van der Waals surface area contributed by atoms with E-state index in [1.807, 2.05) is 60.7 Å². The molecule has 0 radical (unpaired) electrons. The Kier molecular flexibility index (Phi) is 7.38. The van der Waals surface area contributed by atoms with E-state index in [0.717, 1.165) is 17.1 Å². The molecular formula is C29H27O2P. The van der Waals surface area contributed by atoms with Crippen LogP contribution in [0.3, 0.4) is 0 Å². The average Bonchev–Trinajstić information content (AvgIpc) is 2.81. The number of benzene rings is 4. The van der Waals surface area contributed by atoms with Crippen molar-refractivity contribution in [1.29, 1.82) is 0 Å². The summed E-state index contributed by atoms with van der Waals surface area (Å²) in [6, 6.07) is 36.9. The molecule has 4 rings (SSSR count). The Bertz CT molecular complexity index is 1110. The molecule has 0 bridgehead atoms. The SMILES string of the molecule is Cc1cccc(/C=C/C(c2cccc(C)c2)P(Oc2ccccc2)Oc2ccccc2)c1. The third kappa shape index (κ3) is 6.09. The fraction of sp³-hybridized carbons (Fsp3) is 0.103. The van der Waals surface area contributed by atoms with E-state index in [4.69, 9.17) is 9.05 Å². The number of allylic oxidation sites excluding steroid dienone is 1. The lowest BCUT2D eigenvalue weighted by atomic mass is 10.1. The van der Waals surface area contributed by atoms with Gasteiger partial charge >= 0.3 is 8.38 Å². The van der Waals surface area contributed by atoms with Gasteiger partial charge in [-0.15, -0.1) is 0 Å². The van der Waals surface area contributed by atoms with E-state index in [0.29, 0.717) is 0 Å². The fourth-order valence-corrected chi connectivity index (χ4v) is 4.99. The molecule has 0 heterocycles. The lowest BCUT2D eigenvalue weighted by Gasteiger charge is -2.25. The summed E-state index contributed by atoms with van der Waals surface area (Å²) in [5, 5.41) is 0. The first-order valence-corrected chi connectivity index (χ1v) is 12.0. The third-order valence-electron chi connectivity index (χ3n) is 5.00. The molecule has 0 amide bonds. The van der Waals surface area contributed by atoms with Gasteiger partial charge in [-0.25, -0.2) is 0 Å². The van der Waals surface area contributed by atoms with Gasteiger partial charge in [-0.1, -0.05) is 108 Å². The van der Waals surface area contributed by atoms with Crippen molar-refractivity contribution in [1.82, 2.24) is 0 Å². The van der Waals surface area contributed by atoms with Crippen LogP contribution in [0.1, 0.15) is 27.9 Å². The molecule has 0 aromatic heterocycles. The van der Waals surface area contributed by atoms with Gasteiger partial charge in [-0.05, 0) is 49.2 Å². The Morgan fingerprint density at radius 1 is 0.625 bits per heavy atom. The van der Waals surface area contributed by atoms with Crippen molar-refractivity contribution in [2.24, 2.45) is 0 Å². The molecule has 160 valence electrons. The van der Waals surface area contributed by atoms with Crippen LogP contribution < -0.4 is 9.05 Å². The number of hydrogen-bond donors (Lipinski definition) is 0. The fourth-order valence-electron chi connectivity index (χ4n) is 3.44. The Hall–Kier alpha value is -3.35. The van der Waals surface area contributed by atoms with Crippen LogP contribution in [0.2, 0.25) is 0 Å². The minimum absolute atomic E-state index is 0.0502. The van der Waals surface area contributed by atoms with Crippen molar-refractivity contribution in [3.05, 3.63) is 138 Å². The standard InChI is InChI=1S/C29H27O2P/c1-23-11-9-13-25(21-23)19-20-29(26-14-10-12-24(2)22-26)32(30-27-15-5-3-6-16-27)31-28-17-7-4-8-18-28/h3-22,29H,1-2H3/b20-19+. The van der Waals surface area contributed by atoms with Crippen LogP contribution in [0.5, 0.6) is 11.5 Å². The van der Waals surface area contributed by atoms with Gasteiger partial charge in [0, 0.05) is 0 Å². The predicted octanol–water partition coefficient (Wildman–Crippen LogP) is 8.53. The van der Waals surface area contributed by atoms with Crippen LogP contribution >= 0.6 is 8.38 Å². The summed E-state index contributed by atoms with van der Waals surface area (Å²) in [6.07, 6.45) is 4.37. The average molecular weight is 439 g/mol. The van der Waals surface area contributed by atoms with E-state index in [-0.39, 0.29) is 5.66 Å². The molecule has 32 heavy (non-hydrogen) atoms. The summed E-state index contributed by atoms with van der Waals surface area (Å²) in [6.45, 7) is 4.22.